The summed E-state index contributed by atoms with van der Waals surface area (Å²) in [6.07, 6.45) is 19.9. The fourth-order valence-electron chi connectivity index (χ4n) is 5.89. The van der Waals surface area contributed by atoms with Gasteiger partial charge < -0.3 is 19.3 Å². The molecule has 44 heavy (non-hydrogen) atoms. The Balaban J connectivity index is 2.37. The third-order valence-electron chi connectivity index (χ3n) is 9.05. The van der Waals surface area contributed by atoms with Crippen molar-refractivity contribution >= 4 is 5.97 Å². The standard InChI is InChI=1S/C37H73NO6/c1-10-12-13-14-15-16-17-18-19-20-21-22-23-24-25-26-32(39)43-31-37(11-2)29-41-27-35(6,7)38(36(8,9)28-42-30-37)44-33(40)34(3,4)5/h33,40H,10-31H2,1-9H3. The summed E-state index contributed by atoms with van der Waals surface area (Å²) in [5.74, 6) is -0.124. The van der Waals surface area contributed by atoms with Crippen molar-refractivity contribution in [2.45, 2.75) is 189 Å². The summed E-state index contributed by atoms with van der Waals surface area (Å²) < 4.78 is 18.4. The van der Waals surface area contributed by atoms with E-state index in [2.05, 4.69) is 41.5 Å². The van der Waals surface area contributed by atoms with Crippen LogP contribution in [0, 0.1) is 10.8 Å². The van der Waals surface area contributed by atoms with Crippen LogP contribution in [-0.2, 0) is 23.8 Å². The van der Waals surface area contributed by atoms with Gasteiger partial charge in [-0.25, -0.2) is 0 Å². The van der Waals surface area contributed by atoms with Gasteiger partial charge in [0.15, 0.2) is 6.29 Å². The SMILES string of the molecule is CCCCCCCCCCCCCCCCCC(=O)OCC1(CC)COCC(C)(C)N(OC(O)C(C)(C)C)C(C)(C)COC1. The van der Waals surface area contributed by atoms with Gasteiger partial charge in [-0.05, 0) is 40.5 Å². The molecule has 0 aliphatic carbocycles. The molecular weight excluding hydrogens is 554 g/mol. The van der Waals surface area contributed by atoms with Gasteiger partial charge in [0.05, 0.1) is 42.9 Å². The molecule has 1 N–H and O–H groups in total. The first-order valence-electron chi connectivity index (χ1n) is 18.2. The first-order valence-corrected chi connectivity index (χ1v) is 18.2. The lowest BCUT2D eigenvalue weighted by Gasteiger charge is -2.50. The molecule has 1 atom stereocenters. The molecule has 1 unspecified atom stereocenters. The first kappa shape index (κ1) is 41.3. The second-order valence-electron chi connectivity index (χ2n) is 15.9. The number of rotatable bonds is 21. The minimum atomic E-state index is -0.970. The van der Waals surface area contributed by atoms with Gasteiger partial charge in [-0.1, -0.05) is 125 Å². The van der Waals surface area contributed by atoms with Crippen molar-refractivity contribution in [3.63, 3.8) is 0 Å². The maximum absolute atomic E-state index is 12.6. The van der Waals surface area contributed by atoms with Crippen LogP contribution in [0.4, 0.5) is 0 Å². The van der Waals surface area contributed by atoms with E-state index in [4.69, 9.17) is 19.0 Å². The Bertz CT molecular complexity index is 725. The maximum atomic E-state index is 12.6. The second-order valence-corrected chi connectivity index (χ2v) is 15.9. The Kier molecular flexibility index (Phi) is 19.9. The molecule has 0 aromatic carbocycles. The monoisotopic (exact) mass is 628 g/mol. The van der Waals surface area contributed by atoms with Crippen LogP contribution < -0.4 is 0 Å². The maximum Gasteiger partial charge on any atom is 0.305 e. The molecule has 262 valence electrons. The molecule has 0 spiro atoms. The molecule has 1 saturated heterocycles. The van der Waals surface area contributed by atoms with E-state index in [1.165, 1.54) is 83.5 Å². The lowest BCUT2D eigenvalue weighted by molar-refractivity contribution is -0.365. The molecule has 1 heterocycles. The molecule has 1 aliphatic rings. The molecule has 0 bridgehead atoms. The molecule has 1 rings (SSSR count). The van der Waals surface area contributed by atoms with Crippen LogP contribution in [0.1, 0.15) is 171 Å². The van der Waals surface area contributed by atoms with Crippen molar-refractivity contribution in [1.82, 2.24) is 5.06 Å². The van der Waals surface area contributed by atoms with Crippen LogP contribution in [-0.4, -0.2) is 66.5 Å². The Morgan fingerprint density at radius 1 is 0.727 bits per heavy atom. The minimum Gasteiger partial charge on any atom is -0.465 e. The largest absolute Gasteiger partial charge is 0.465 e. The highest BCUT2D eigenvalue weighted by Gasteiger charge is 2.44. The second kappa shape index (κ2) is 21.2. The van der Waals surface area contributed by atoms with Gasteiger partial charge in [-0.2, -0.15) is 5.06 Å². The van der Waals surface area contributed by atoms with E-state index in [0.29, 0.717) is 39.5 Å². The van der Waals surface area contributed by atoms with E-state index in [1.807, 2.05) is 25.8 Å². The van der Waals surface area contributed by atoms with Gasteiger partial charge in [0.1, 0.15) is 6.61 Å². The Morgan fingerprint density at radius 3 is 1.52 bits per heavy atom. The molecule has 0 amide bonds. The summed E-state index contributed by atoms with van der Waals surface area (Å²) in [4.78, 5) is 18.8. The third-order valence-corrected chi connectivity index (χ3v) is 9.05. The van der Waals surface area contributed by atoms with E-state index < -0.39 is 28.2 Å². The number of nitrogens with zero attached hydrogens (tertiary/aromatic N) is 1. The molecule has 0 aromatic heterocycles. The molecular formula is C37H73NO6. The van der Waals surface area contributed by atoms with Crippen molar-refractivity contribution in [1.29, 1.82) is 0 Å². The van der Waals surface area contributed by atoms with E-state index in [0.717, 1.165) is 19.3 Å². The fourth-order valence-corrected chi connectivity index (χ4v) is 5.89. The fraction of sp³-hybridized carbons (Fsp3) is 0.973. The number of aliphatic hydroxyl groups excluding tert-OH is 1. The van der Waals surface area contributed by atoms with Crippen molar-refractivity contribution in [2.75, 3.05) is 33.0 Å². The van der Waals surface area contributed by atoms with Crippen molar-refractivity contribution in [3.05, 3.63) is 0 Å². The topological polar surface area (TPSA) is 77.5 Å². The summed E-state index contributed by atoms with van der Waals surface area (Å²) in [6.45, 7) is 20.4. The van der Waals surface area contributed by atoms with Crippen LogP contribution in [0.15, 0.2) is 0 Å². The van der Waals surface area contributed by atoms with Crippen LogP contribution in [0.2, 0.25) is 0 Å². The van der Waals surface area contributed by atoms with Crippen molar-refractivity contribution in [3.8, 4) is 0 Å². The van der Waals surface area contributed by atoms with Gasteiger partial charge in [-0.15, -0.1) is 0 Å². The number of esters is 1. The smallest absolute Gasteiger partial charge is 0.305 e. The highest BCUT2D eigenvalue weighted by molar-refractivity contribution is 5.69. The van der Waals surface area contributed by atoms with Gasteiger partial charge in [0, 0.05) is 11.8 Å². The number of carbonyl (C=O) groups is 1. The summed E-state index contributed by atoms with van der Waals surface area (Å²) in [6, 6.07) is 0. The zero-order valence-corrected chi connectivity index (χ0v) is 30.6. The quantitative estimate of drug-likeness (QED) is 0.0772. The Hall–Kier alpha value is -0.730. The molecule has 0 saturated carbocycles. The molecule has 7 nitrogen and oxygen atoms in total. The van der Waals surface area contributed by atoms with Crippen molar-refractivity contribution in [2.24, 2.45) is 10.8 Å². The first-order chi connectivity index (χ1) is 20.7. The van der Waals surface area contributed by atoms with Crippen molar-refractivity contribution < 1.29 is 28.9 Å². The Labute approximate surface area is 272 Å². The van der Waals surface area contributed by atoms with Crippen LogP contribution in [0.5, 0.6) is 0 Å². The third kappa shape index (κ3) is 16.7. The number of hydrogen-bond acceptors (Lipinski definition) is 7. The number of ether oxygens (including phenoxy) is 3. The lowest BCUT2D eigenvalue weighted by atomic mass is 9.87. The summed E-state index contributed by atoms with van der Waals surface area (Å²) >= 11 is 0. The van der Waals surface area contributed by atoms with E-state index >= 15 is 0 Å². The van der Waals surface area contributed by atoms with Crippen LogP contribution in [0.25, 0.3) is 0 Å². The number of hydroxylamine groups is 2. The lowest BCUT2D eigenvalue weighted by Crippen LogP contribution is -2.62. The zero-order valence-electron chi connectivity index (χ0n) is 30.6. The highest BCUT2D eigenvalue weighted by Crippen LogP contribution is 2.34. The summed E-state index contributed by atoms with van der Waals surface area (Å²) in [5.41, 5.74) is -1.89. The summed E-state index contributed by atoms with van der Waals surface area (Å²) in [5, 5.41) is 12.6. The van der Waals surface area contributed by atoms with E-state index in [-0.39, 0.29) is 5.97 Å². The number of unbranched alkanes of at least 4 members (excludes halogenated alkanes) is 14. The van der Waals surface area contributed by atoms with Crippen LogP contribution in [0.3, 0.4) is 0 Å². The van der Waals surface area contributed by atoms with Gasteiger partial charge >= 0.3 is 5.97 Å². The number of hydrogen-bond donors (Lipinski definition) is 1. The molecule has 0 aromatic rings. The molecule has 7 heteroatoms. The normalized spacial score (nSPS) is 19.9. The van der Waals surface area contributed by atoms with Gasteiger partial charge in [0.25, 0.3) is 0 Å². The predicted molar refractivity (Wildman–Crippen MR) is 181 cm³/mol. The molecule has 0 radical (unpaired) electrons. The van der Waals surface area contributed by atoms with Gasteiger partial charge in [-0.3, -0.25) is 9.63 Å². The average Bonchev–Trinajstić information content (AvgIpc) is 2.95. The van der Waals surface area contributed by atoms with E-state index in [9.17, 15) is 9.90 Å². The van der Waals surface area contributed by atoms with Crippen LogP contribution >= 0.6 is 0 Å². The average molecular weight is 628 g/mol. The van der Waals surface area contributed by atoms with E-state index in [1.54, 1.807) is 0 Å². The predicted octanol–water partition coefficient (Wildman–Crippen LogP) is 9.39. The summed E-state index contributed by atoms with van der Waals surface area (Å²) in [7, 11) is 0. The Morgan fingerprint density at radius 2 is 1.14 bits per heavy atom. The van der Waals surface area contributed by atoms with Gasteiger partial charge in [0.2, 0.25) is 0 Å². The number of carbonyl (C=O) groups excluding carboxylic acids is 1. The highest BCUT2D eigenvalue weighted by atomic mass is 16.8. The number of aliphatic hydroxyl groups is 1. The minimum absolute atomic E-state index is 0.124. The molecule has 1 fully saturated rings. The molecule has 1 aliphatic heterocycles. The zero-order chi connectivity index (χ0) is 33.1.